The van der Waals surface area contributed by atoms with Crippen LogP contribution in [0.3, 0.4) is 0 Å². The molecule has 1 unspecified atom stereocenters. The number of nitrogens with one attached hydrogen (secondary N) is 1. The molecule has 3 heteroatoms. The van der Waals surface area contributed by atoms with E-state index in [1.54, 1.807) is 0 Å². The molecular weight excluding hydrogens is 214 g/mol. The maximum Gasteiger partial charge on any atom is 0.220 e. The number of rotatable bonds is 2. The molecule has 0 bridgehead atoms. The Bertz CT molecular complexity index is 571. The average molecular weight is 229 g/mol. The lowest BCUT2D eigenvalue weighted by Crippen LogP contribution is -2.13. The molecule has 1 aliphatic rings. The van der Waals surface area contributed by atoms with Gasteiger partial charge in [0.15, 0.2) is 0 Å². The van der Waals surface area contributed by atoms with Crippen LogP contribution in [-0.2, 0) is 11.2 Å². The summed E-state index contributed by atoms with van der Waals surface area (Å²) in [6.45, 7) is 2.82. The number of hydrogen-bond acceptors (Lipinski definition) is 2. The molecule has 1 N–H and O–H groups in total. The second-order valence-electron chi connectivity index (χ2n) is 4.54. The number of hydrogen-bond donors (Lipinski definition) is 1. The van der Waals surface area contributed by atoms with Crippen molar-refractivity contribution in [2.75, 3.05) is 6.54 Å². The van der Waals surface area contributed by atoms with Crippen LogP contribution in [0, 0.1) is 0 Å². The van der Waals surface area contributed by atoms with Crippen molar-refractivity contribution in [1.82, 2.24) is 5.32 Å². The van der Waals surface area contributed by atoms with Crippen LogP contribution >= 0.6 is 0 Å². The average Bonchev–Trinajstić information content (AvgIpc) is 2.93. The molecule has 1 saturated heterocycles. The Morgan fingerprint density at radius 1 is 1.47 bits per heavy atom. The Labute approximate surface area is 99.8 Å². The third kappa shape index (κ3) is 1.71. The van der Waals surface area contributed by atoms with Crippen molar-refractivity contribution < 1.29 is 9.21 Å². The molecule has 0 radical (unpaired) electrons. The quantitative estimate of drug-likeness (QED) is 0.860. The number of benzene rings is 1. The van der Waals surface area contributed by atoms with Gasteiger partial charge in [-0.1, -0.05) is 25.1 Å². The van der Waals surface area contributed by atoms with Gasteiger partial charge in [-0.3, -0.25) is 4.79 Å². The number of carbonyl (C=O) groups is 1. The minimum atomic E-state index is 0.117. The lowest BCUT2D eigenvalue weighted by Gasteiger charge is -2.01. The zero-order valence-electron chi connectivity index (χ0n) is 9.82. The normalized spacial score (nSPS) is 19.8. The lowest BCUT2D eigenvalue weighted by atomic mass is 10.1. The van der Waals surface area contributed by atoms with Crippen LogP contribution in [0.25, 0.3) is 11.0 Å². The second-order valence-corrected chi connectivity index (χ2v) is 4.54. The molecular formula is C14H15NO2. The molecule has 1 aliphatic heterocycles. The van der Waals surface area contributed by atoms with Crippen molar-refractivity contribution in [2.24, 2.45) is 0 Å². The molecule has 0 spiro atoms. The van der Waals surface area contributed by atoms with E-state index in [9.17, 15) is 4.79 Å². The zero-order valence-corrected chi connectivity index (χ0v) is 9.82. The van der Waals surface area contributed by atoms with Gasteiger partial charge < -0.3 is 9.73 Å². The van der Waals surface area contributed by atoms with E-state index in [2.05, 4.69) is 36.5 Å². The first-order valence-corrected chi connectivity index (χ1v) is 6.06. The van der Waals surface area contributed by atoms with Crippen molar-refractivity contribution in [3.8, 4) is 0 Å². The molecule has 0 aliphatic carbocycles. The Balaban J connectivity index is 2.04. The van der Waals surface area contributed by atoms with Gasteiger partial charge in [0.05, 0.1) is 0 Å². The molecule has 88 valence electrons. The molecule has 1 aromatic carbocycles. The van der Waals surface area contributed by atoms with Crippen LogP contribution in [-0.4, -0.2) is 12.5 Å². The van der Waals surface area contributed by atoms with Gasteiger partial charge in [-0.15, -0.1) is 0 Å². The van der Waals surface area contributed by atoms with Gasteiger partial charge >= 0.3 is 0 Å². The molecule has 17 heavy (non-hydrogen) atoms. The number of fused-ring (bicyclic) bond motifs is 1. The first-order valence-electron chi connectivity index (χ1n) is 6.06. The zero-order chi connectivity index (χ0) is 11.8. The summed E-state index contributed by atoms with van der Waals surface area (Å²) in [5.74, 6) is 1.24. The summed E-state index contributed by atoms with van der Waals surface area (Å²) < 4.78 is 5.93. The summed E-state index contributed by atoms with van der Waals surface area (Å²) in [4.78, 5) is 11.2. The first-order chi connectivity index (χ1) is 8.28. The van der Waals surface area contributed by atoms with E-state index in [0.717, 1.165) is 23.2 Å². The number of para-hydroxylation sites is 1. The first kappa shape index (κ1) is 10.4. The van der Waals surface area contributed by atoms with Gasteiger partial charge in [0.2, 0.25) is 5.91 Å². The van der Waals surface area contributed by atoms with Gasteiger partial charge in [0.25, 0.3) is 0 Å². The summed E-state index contributed by atoms with van der Waals surface area (Å²) >= 11 is 0. The third-order valence-corrected chi connectivity index (χ3v) is 3.41. The van der Waals surface area contributed by atoms with Gasteiger partial charge in [0.1, 0.15) is 11.3 Å². The standard InChI is InChI=1S/C14H15NO2/c1-2-9-4-3-5-10-6-12(17-14(9)10)11-7-13(16)15-8-11/h3-6,11H,2,7-8H2,1H3,(H,15,16). The molecule has 2 aromatic rings. The lowest BCUT2D eigenvalue weighted by molar-refractivity contribution is -0.119. The fraction of sp³-hybridized carbons (Fsp3) is 0.357. The summed E-state index contributed by atoms with van der Waals surface area (Å²) in [6.07, 6.45) is 1.51. The van der Waals surface area contributed by atoms with Crippen molar-refractivity contribution >= 4 is 16.9 Å². The van der Waals surface area contributed by atoms with E-state index in [4.69, 9.17) is 4.42 Å². The molecule has 1 aromatic heterocycles. The summed E-state index contributed by atoms with van der Waals surface area (Å²) in [7, 11) is 0. The van der Waals surface area contributed by atoms with Crippen molar-refractivity contribution in [3.63, 3.8) is 0 Å². The third-order valence-electron chi connectivity index (χ3n) is 3.41. The summed E-state index contributed by atoms with van der Waals surface area (Å²) in [5, 5.41) is 3.98. The Kier molecular flexibility index (Phi) is 2.39. The van der Waals surface area contributed by atoms with Crippen LogP contribution in [0.2, 0.25) is 0 Å². The van der Waals surface area contributed by atoms with Crippen LogP contribution in [0.1, 0.15) is 30.6 Å². The van der Waals surface area contributed by atoms with Crippen LogP contribution in [0.4, 0.5) is 0 Å². The van der Waals surface area contributed by atoms with E-state index in [-0.39, 0.29) is 11.8 Å². The fourth-order valence-electron chi connectivity index (χ4n) is 2.43. The molecule has 1 amide bonds. The minimum Gasteiger partial charge on any atom is -0.460 e. The Morgan fingerprint density at radius 2 is 2.35 bits per heavy atom. The topological polar surface area (TPSA) is 42.2 Å². The molecule has 3 nitrogen and oxygen atoms in total. The largest absolute Gasteiger partial charge is 0.460 e. The molecule has 1 fully saturated rings. The summed E-state index contributed by atoms with van der Waals surface area (Å²) in [6, 6.07) is 8.28. The van der Waals surface area contributed by atoms with E-state index < -0.39 is 0 Å². The van der Waals surface area contributed by atoms with E-state index >= 15 is 0 Å². The van der Waals surface area contributed by atoms with Gasteiger partial charge in [-0.2, -0.15) is 0 Å². The van der Waals surface area contributed by atoms with E-state index in [1.165, 1.54) is 5.56 Å². The highest BCUT2D eigenvalue weighted by molar-refractivity contribution is 5.83. The van der Waals surface area contributed by atoms with Crippen LogP contribution in [0.5, 0.6) is 0 Å². The number of amides is 1. The van der Waals surface area contributed by atoms with Crippen LogP contribution < -0.4 is 5.32 Å². The molecule has 0 saturated carbocycles. The predicted molar refractivity (Wildman–Crippen MR) is 66.0 cm³/mol. The maximum absolute atomic E-state index is 11.2. The highest BCUT2D eigenvalue weighted by Gasteiger charge is 2.26. The number of carbonyl (C=O) groups excluding carboxylic acids is 1. The number of furan rings is 1. The highest BCUT2D eigenvalue weighted by Crippen LogP contribution is 2.30. The van der Waals surface area contributed by atoms with Crippen molar-refractivity contribution in [1.29, 1.82) is 0 Å². The SMILES string of the molecule is CCc1cccc2cc(C3CNC(=O)C3)oc12. The minimum absolute atomic E-state index is 0.117. The van der Waals surface area contributed by atoms with Crippen molar-refractivity contribution in [2.45, 2.75) is 25.7 Å². The van der Waals surface area contributed by atoms with Crippen molar-refractivity contribution in [3.05, 3.63) is 35.6 Å². The van der Waals surface area contributed by atoms with Crippen LogP contribution in [0.15, 0.2) is 28.7 Å². The smallest absolute Gasteiger partial charge is 0.220 e. The fourth-order valence-corrected chi connectivity index (χ4v) is 2.43. The van der Waals surface area contributed by atoms with Gasteiger partial charge in [-0.05, 0) is 18.1 Å². The highest BCUT2D eigenvalue weighted by atomic mass is 16.3. The second kappa shape index (κ2) is 3.91. The molecule has 1 atom stereocenters. The predicted octanol–water partition coefficient (Wildman–Crippen LogP) is 2.60. The van der Waals surface area contributed by atoms with E-state index in [0.29, 0.717) is 13.0 Å². The van der Waals surface area contributed by atoms with Gasteiger partial charge in [-0.25, -0.2) is 0 Å². The molecule has 3 rings (SSSR count). The summed E-state index contributed by atoms with van der Waals surface area (Å²) in [5.41, 5.74) is 2.20. The maximum atomic E-state index is 11.2. The number of aryl methyl sites for hydroxylation is 1. The Morgan fingerprint density at radius 3 is 3.06 bits per heavy atom. The Hall–Kier alpha value is -1.77. The van der Waals surface area contributed by atoms with E-state index in [1.807, 2.05) is 0 Å². The molecule has 2 heterocycles. The monoisotopic (exact) mass is 229 g/mol. The van der Waals surface area contributed by atoms with Gasteiger partial charge in [0, 0.05) is 24.3 Å².